The monoisotopic (exact) mass is 253 g/mol. The lowest BCUT2D eigenvalue weighted by atomic mass is 10.0. The number of piperazine rings is 1. The zero-order valence-corrected chi connectivity index (χ0v) is 12.5. The van der Waals surface area contributed by atoms with Crippen LogP contribution >= 0.6 is 0 Å². The van der Waals surface area contributed by atoms with Gasteiger partial charge in [-0.1, -0.05) is 6.92 Å². The van der Waals surface area contributed by atoms with Crippen molar-refractivity contribution >= 4 is 0 Å². The second kappa shape index (κ2) is 6.88. The zero-order chi connectivity index (χ0) is 13.0. The predicted octanol–water partition coefficient (Wildman–Crippen LogP) is 1.93. The van der Waals surface area contributed by atoms with Gasteiger partial charge in [0, 0.05) is 31.2 Å². The van der Waals surface area contributed by atoms with Gasteiger partial charge in [0.25, 0.3) is 0 Å². The van der Waals surface area contributed by atoms with E-state index in [1.807, 2.05) is 0 Å². The third-order valence-corrected chi connectivity index (χ3v) is 4.72. The summed E-state index contributed by atoms with van der Waals surface area (Å²) in [6, 6.07) is 2.32. The van der Waals surface area contributed by atoms with Crippen molar-refractivity contribution in [2.45, 2.75) is 64.6 Å². The van der Waals surface area contributed by atoms with E-state index in [9.17, 15) is 0 Å². The average Bonchev–Trinajstić information content (AvgIpc) is 2.80. The molecule has 0 spiro atoms. The molecular weight excluding hydrogens is 222 g/mol. The summed E-state index contributed by atoms with van der Waals surface area (Å²) in [6.07, 6.45) is 5.37. The summed E-state index contributed by atoms with van der Waals surface area (Å²) < 4.78 is 0. The summed E-state index contributed by atoms with van der Waals surface area (Å²) >= 11 is 0. The smallest absolute Gasteiger partial charge is 0.0224 e. The SMILES string of the molecule is CCCNCCC(C)N1CC2CCCN2CC1C. The van der Waals surface area contributed by atoms with E-state index >= 15 is 0 Å². The van der Waals surface area contributed by atoms with Gasteiger partial charge >= 0.3 is 0 Å². The molecule has 106 valence electrons. The number of hydrogen-bond acceptors (Lipinski definition) is 3. The summed E-state index contributed by atoms with van der Waals surface area (Å²) in [5.41, 5.74) is 0. The van der Waals surface area contributed by atoms with Crippen LogP contribution in [0.3, 0.4) is 0 Å². The quantitative estimate of drug-likeness (QED) is 0.730. The second-order valence-corrected chi connectivity index (χ2v) is 6.22. The van der Waals surface area contributed by atoms with E-state index in [-0.39, 0.29) is 0 Å². The van der Waals surface area contributed by atoms with E-state index in [4.69, 9.17) is 0 Å². The molecule has 18 heavy (non-hydrogen) atoms. The first kappa shape index (κ1) is 14.3. The molecule has 3 atom stereocenters. The summed E-state index contributed by atoms with van der Waals surface area (Å²) in [6.45, 7) is 13.3. The summed E-state index contributed by atoms with van der Waals surface area (Å²) in [7, 11) is 0. The molecule has 3 unspecified atom stereocenters. The van der Waals surface area contributed by atoms with Crippen LogP contribution in [0.4, 0.5) is 0 Å². The maximum absolute atomic E-state index is 3.53. The molecule has 2 aliphatic rings. The van der Waals surface area contributed by atoms with Crippen molar-refractivity contribution in [1.29, 1.82) is 0 Å². The predicted molar refractivity (Wildman–Crippen MR) is 78.0 cm³/mol. The standard InChI is InChI=1S/C15H31N3/c1-4-8-16-9-7-13(2)18-12-15-6-5-10-17(15)11-14(18)3/h13-16H,4-12H2,1-3H3. The molecule has 2 heterocycles. The molecule has 3 nitrogen and oxygen atoms in total. The highest BCUT2D eigenvalue weighted by atomic mass is 15.3. The van der Waals surface area contributed by atoms with Gasteiger partial charge in [0.2, 0.25) is 0 Å². The highest BCUT2D eigenvalue weighted by molar-refractivity contribution is 4.92. The van der Waals surface area contributed by atoms with Gasteiger partial charge in [-0.3, -0.25) is 9.80 Å². The number of hydrogen-bond donors (Lipinski definition) is 1. The maximum atomic E-state index is 3.53. The molecule has 2 rings (SSSR count). The molecule has 2 aliphatic heterocycles. The Balaban J connectivity index is 1.76. The number of fused-ring (bicyclic) bond motifs is 1. The second-order valence-electron chi connectivity index (χ2n) is 6.22. The van der Waals surface area contributed by atoms with E-state index < -0.39 is 0 Å². The average molecular weight is 253 g/mol. The minimum Gasteiger partial charge on any atom is -0.317 e. The van der Waals surface area contributed by atoms with Crippen LogP contribution in [0, 0.1) is 0 Å². The maximum Gasteiger partial charge on any atom is 0.0224 e. The van der Waals surface area contributed by atoms with Crippen molar-refractivity contribution in [1.82, 2.24) is 15.1 Å². The molecule has 0 aromatic rings. The Kier molecular flexibility index (Phi) is 5.46. The Morgan fingerprint density at radius 1 is 1.28 bits per heavy atom. The first-order valence-electron chi connectivity index (χ1n) is 7.93. The van der Waals surface area contributed by atoms with Gasteiger partial charge in [-0.2, -0.15) is 0 Å². The van der Waals surface area contributed by atoms with Crippen molar-refractivity contribution in [3.05, 3.63) is 0 Å². The Hall–Kier alpha value is -0.120. The third-order valence-electron chi connectivity index (χ3n) is 4.72. The van der Waals surface area contributed by atoms with Crippen LogP contribution in [-0.4, -0.2) is 60.6 Å². The molecule has 3 heteroatoms. The van der Waals surface area contributed by atoms with E-state index in [2.05, 4.69) is 35.9 Å². The Labute approximate surface area is 113 Å². The van der Waals surface area contributed by atoms with Gasteiger partial charge in [-0.15, -0.1) is 0 Å². The lowest BCUT2D eigenvalue weighted by Crippen LogP contribution is -2.57. The fourth-order valence-corrected chi connectivity index (χ4v) is 3.60. The first-order chi connectivity index (χ1) is 8.72. The Bertz CT molecular complexity index is 244. The molecule has 0 aliphatic carbocycles. The van der Waals surface area contributed by atoms with E-state index in [1.165, 1.54) is 58.4 Å². The largest absolute Gasteiger partial charge is 0.317 e. The number of nitrogens with zero attached hydrogens (tertiary/aromatic N) is 2. The lowest BCUT2D eigenvalue weighted by molar-refractivity contribution is 0.0308. The van der Waals surface area contributed by atoms with E-state index in [1.54, 1.807) is 0 Å². The van der Waals surface area contributed by atoms with Gasteiger partial charge in [-0.05, 0) is 59.2 Å². The lowest BCUT2D eigenvalue weighted by Gasteiger charge is -2.45. The number of nitrogens with one attached hydrogen (secondary N) is 1. The number of rotatable bonds is 6. The van der Waals surface area contributed by atoms with Crippen LogP contribution < -0.4 is 5.32 Å². The Morgan fingerprint density at radius 3 is 2.89 bits per heavy atom. The highest BCUT2D eigenvalue weighted by Gasteiger charge is 2.35. The molecular formula is C15H31N3. The molecule has 0 aromatic carbocycles. The Morgan fingerprint density at radius 2 is 2.11 bits per heavy atom. The van der Waals surface area contributed by atoms with Crippen molar-refractivity contribution in [2.24, 2.45) is 0 Å². The van der Waals surface area contributed by atoms with E-state index in [0.717, 1.165) is 18.1 Å². The minimum atomic E-state index is 0.729. The van der Waals surface area contributed by atoms with Gasteiger partial charge in [0.15, 0.2) is 0 Å². The molecule has 0 aromatic heterocycles. The van der Waals surface area contributed by atoms with Crippen LogP contribution in [-0.2, 0) is 0 Å². The van der Waals surface area contributed by atoms with Gasteiger partial charge in [-0.25, -0.2) is 0 Å². The van der Waals surface area contributed by atoms with Crippen LogP contribution in [0.2, 0.25) is 0 Å². The molecule has 2 saturated heterocycles. The summed E-state index contributed by atoms with van der Waals surface area (Å²) in [5, 5.41) is 3.53. The zero-order valence-electron chi connectivity index (χ0n) is 12.5. The third kappa shape index (κ3) is 3.46. The summed E-state index contributed by atoms with van der Waals surface area (Å²) in [4.78, 5) is 5.46. The van der Waals surface area contributed by atoms with Crippen molar-refractivity contribution in [2.75, 3.05) is 32.7 Å². The molecule has 0 bridgehead atoms. The van der Waals surface area contributed by atoms with Crippen LogP contribution in [0.5, 0.6) is 0 Å². The van der Waals surface area contributed by atoms with Gasteiger partial charge in [0.1, 0.15) is 0 Å². The topological polar surface area (TPSA) is 18.5 Å². The summed E-state index contributed by atoms with van der Waals surface area (Å²) in [5.74, 6) is 0. The van der Waals surface area contributed by atoms with Crippen molar-refractivity contribution < 1.29 is 0 Å². The van der Waals surface area contributed by atoms with Crippen molar-refractivity contribution in [3.63, 3.8) is 0 Å². The molecule has 1 N–H and O–H groups in total. The van der Waals surface area contributed by atoms with E-state index in [0.29, 0.717) is 0 Å². The van der Waals surface area contributed by atoms with Gasteiger partial charge < -0.3 is 5.32 Å². The minimum absolute atomic E-state index is 0.729. The fourth-order valence-electron chi connectivity index (χ4n) is 3.60. The first-order valence-corrected chi connectivity index (χ1v) is 7.93. The van der Waals surface area contributed by atoms with Crippen LogP contribution in [0.1, 0.15) is 46.5 Å². The van der Waals surface area contributed by atoms with Crippen LogP contribution in [0.25, 0.3) is 0 Å². The fraction of sp³-hybridized carbons (Fsp3) is 1.00. The molecule has 0 saturated carbocycles. The van der Waals surface area contributed by atoms with Gasteiger partial charge in [0.05, 0.1) is 0 Å². The van der Waals surface area contributed by atoms with Crippen LogP contribution in [0.15, 0.2) is 0 Å². The highest BCUT2D eigenvalue weighted by Crippen LogP contribution is 2.26. The molecule has 0 amide bonds. The molecule has 2 fully saturated rings. The van der Waals surface area contributed by atoms with Crippen molar-refractivity contribution in [3.8, 4) is 0 Å². The molecule has 0 radical (unpaired) electrons. The normalized spacial score (nSPS) is 31.5.